The number of rotatable bonds is 5. The Morgan fingerprint density at radius 1 is 0.969 bits per heavy atom. The van der Waals surface area contributed by atoms with Gasteiger partial charge in [0.1, 0.15) is 11.4 Å². The molecular weight excluding hydrogens is 445 g/mol. The first-order valence-corrected chi connectivity index (χ1v) is 8.57. The zero-order chi connectivity index (χ0) is 23.9. The van der Waals surface area contributed by atoms with Gasteiger partial charge in [0.15, 0.2) is 23.3 Å². The van der Waals surface area contributed by atoms with E-state index >= 15 is 0 Å². The third-order valence-corrected chi connectivity index (χ3v) is 4.49. The van der Waals surface area contributed by atoms with Crippen LogP contribution in [0, 0.1) is 39.2 Å². The molecule has 0 fully saturated rings. The number of amides is 1. The van der Waals surface area contributed by atoms with Crippen molar-refractivity contribution in [2.45, 2.75) is 6.92 Å². The van der Waals surface area contributed by atoms with E-state index in [-0.39, 0.29) is 33.4 Å². The molecule has 0 spiro atoms. The predicted molar refractivity (Wildman–Crippen MR) is 101 cm³/mol. The number of hydrogen-bond donors (Lipinski definition) is 0. The first kappa shape index (κ1) is 22.7. The fraction of sp³-hybridized carbons (Fsp3) is 0.158. The fourth-order valence-corrected chi connectivity index (χ4v) is 2.93. The highest BCUT2D eigenvalue weighted by Crippen LogP contribution is 2.37. The number of nitrogens with zero attached hydrogens (tertiary/aromatic N) is 3. The lowest BCUT2D eigenvalue weighted by molar-refractivity contribution is -0.385. The summed E-state index contributed by atoms with van der Waals surface area (Å²) < 4.78 is 78.8. The highest BCUT2D eigenvalue weighted by molar-refractivity contribution is 6.32. The molecule has 0 N–H and O–H groups in total. The minimum atomic E-state index is -2.39. The maximum atomic E-state index is 14.1. The van der Waals surface area contributed by atoms with Gasteiger partial charge in [0, 0.05) is 17.7 Å². The van der Waals surface area contributed by atoms with Crippen molar-refractivity contribution in [3.8, 4) is 11.5 Å². The van der Waals surface area contributed by atoms with Gasteiger partial charge in [-0.1, -0.05) is 0 Å². The number of hydrazone groups is 1. The Morgan fingerprint density at radius 3 is 2.00 bits per heavy atom. The summed E-state index contributed by atoms with van der Waals surface area (Å²) in [6.07, 6.45) is 1.07. The molecule has 3 rings (SSSR count). The van der Waals surface area contributed by atoms with Gasteiger partial charge in [-0.3, -0.25) is 14.9 Å². The van der Waals surface area contributed by atoms with Crippen molar-refractivity contribution in [1.29, 1.82) is 0 Å². The predicted octanol–water partition coefficient (Wildman–Crippen LogP) is 4.11. The minimum absolute atomic E-state index is 0.00263. The van der Waals surface area contributed by atoms with Crippen LogP contribution in [-0.2, 0) is 4.79 Å². The Labute approximate surface area is 176 Å². The molecule has 0 atom stereocenters. The number of carbonyl (C=O) groups is 1. The van der Waals surface area contributed by atoms with Gasteiger partial charge in [0.05, 0.1) is 30.4 Å². The van der Waals surface area contributed by atoms with Crippen LogP contribution in [0.3, 0.4) is 0 Å². The van der Waals surface area contributed by atoms with Crippen LogP contribution in [0.5, 0.6) is 11.5 Å². The first-order chi connectivity index (χ1) is 15.0. The molecule has 8 nitrogen and oxygen atoms in total. The molecule has 1 heterocycles. The molecule has 0 saturated heterocycles. The molecule has 2 aromatic rings. The van der Waals surface area contributed by atoms with E-state index in [9.17, 15) is 36.9 Å². The van der Waals surface area contributed by atoms with Crippen LogP contribution in [0.25, 0.3) is 6.08 Å². The lowest BCUT2D eigenvalue weighted by Gasteiger charge is -2.15. The number of benzene rings is 2. The average Bonchev–Trinajstić information content (AvgIpc) is 3.04. The number of ether oxygens (including phenoxy) is 2. The van der Waals surface area contributed by atoms with Crippen molar-refractivity contribution in [2.75, 3.05) is 19.2 Å². The van der Waals surface area contributed by atoms with Gasteiger partial charge in [-0.2, -0.15) is 10.1 Å². The van der Waals surface area contributed by atoms with E-state index in [0.29, 0.717) is 0 Å². The van der Waals surface area contributed by atoms with E-state index in [1.165, 1.54) is 27.2 Å². The van der Waals surface area contributed by atoms with E-state index in [4.69, 9.17) is 9.47 Å². The zero-order valence-electron chi connectivity index (χ0n) is 16.5. The highest BCUT2D eigenvalue weighted by Gasteiger charge is 2.37. The summed E-state index contributed by atoms with van der Waals surface area (Å²) in [5, 5.41) is 14.9. The van der Waals surface area contributed by atoms with Crippen LogP contribution < -0.4 is 14.5 Å². The van der Waals surface area contributed by atoms with Crippen molar-refractivity contribution in [3.05, 3.63) is 62.5 Å². The second-order valence-corrected chi connectivity index (χ2v) is 6.30. The van der Waals surface area contributed by atoms with Crippen LogP contribution in [0.2, 0.25) is 0 Å². The summed E-state index contributed by atoms with van der Waals surface area (Å²) in [7, 11) is 2.43. The number of hydrogen-bond acceptors (Lipinski definition) is 6. The van der Waals surface area contributed by atoms with Crippen molar-refractivity contribution >= 4 is 29.1 Å². The molecule has 0 bridgehead atoms. The molecule has 0 aromatic heterocycles. The third-order valence-electron chi connectivity index (χ3n) is 4.49. The average molecular weight is 457 g/mol. The van der Waals surface area contributed by atoms with Crippen molar-refractivity contribution in [2.24, 2.45) is 5.10 Å². The summed E-state index contributed by atoms with van der Waals surface area (Å²) in [5.41, 5.74) is -2.51. The quantitative estimate of drug-likeness (QED) is 0.168. The molecule has 13 heteroatoms. The van der Waals surface area contributed by atoms with Gasteiger partial charge in [0.25, 0.3) is 5.91 Å². The summed E-state index contributed by atoms with van der Waals surface area (Å²) in [6.45, 7) is 1.24. The number of nitro benzene ring substituents is 1. The standard InChI is InChI=1S/C19H12F5N3O5/c1-7-9(4-8-5-10(27(29)30)12(32-3)6-11(8)31-2)19(28)26(25-7)18-16(23)14(21)13(20)15(22)17(18)24/h4-6H,1-3H3/b9-4+. The van der Waals surface area contributed by atoms with E-state index in [1.54, 1.807) is 0 Å². The van der Waals surface area contributed by atoms with Gasteiger partial charge < -0.3 is 9.47 Å². The second kappa shape index (κ2) is 8.24. The van der Waals surface area contributed by atoms with E-state index < -0.39 is 51.3 Å². The molecule has 2 aromatic carbocycles. The zero-order valence-corrected chi connectivity index (χ0v) is 16.5. The van der Waals surface area contributed by atoms with Crippen molar-refractivity contribution in [3.63, 3.8) is 0 Å². The van der Waals surface area contributed by atoms with Crippen LogP contribution in [0.1, 0.15) is 12.5 Å². The fourth-order valence-electron chi connectivity index (χ4n) is 2.93. The Morgan fingerprint density at radius 2 is 1.50 bits per heavy atom. The van der Waals surface area contributed by atoms with E-state index in [1.807, 2.05) is 0 Å². The molecule has 1 aliphatic heterocycles. The largest absolute Gasteiger partial charge is 0.496 e. The third kappa shape index (κ3) is 3.50. The molecular formula is C19H12F5N3O5. The second-order valence-electron chi connectivity index (χ2n) is 6.30. The molecule has 1 aliphatic rings. The monoisotopic (exact) mass is 457 g/mol. The van der Waals surface area contributed by atoms with Crippen LogP contribution >= 0.6 is 0 Å². The molecule has 0 radical (unpaired) electrons. The Hall–Kier alpha value is -4.03. The van der Waals surface area contributed by atoms with Gasteiger partial charge in [-0.05, 0) is 13.0 Å². The van der Waals surface area contributed by atoms with E-state index in [0.717, 1.165) is 12.1 Å². The summed E-state index contributed by atoms with van der Waals surface area (Å²) >= 11 is 0. The number of carbonyl (C=O) groups excluding carboxylic acids is 1. The van der Waals surface area contributed by atoms with Crippen LogP contribution in [-0.4, -0.2) is 30.8 Å². The van der Waals surface area contributed by atoms with Gasteiger partial charge in [-0.15, -0.1) is 0 Å². The summed E-state index contributed by atoms with van der Waals surface area (Å²) in [4.78, 5) is 23.3. The number of methoxy groups -OCH3 is 2. The van der Waals surface area contributed by atoms with E-state index in [2.05, 4.69) is 5.10 Å². The highest BCUT2D eigenvalue weighted by atomic mass is 19.2. The minimum Gasteiger partial charge on any atom is -0.496 e. The molecule has 168 valence electrons. The topological polar surface area (TPSA) is 94.3 Å². The van der Waals surface area contributed by atoms with Gasteiger partial charge in [0.2, 0.25) is 11.6 Å². The Bertz CT molecular complexity index is 1200. The van der Waals surface area contributed by atoms with Crippen LogP contribution in [0.4, 0.5) is 33.3 Å². The molecule has 0 unspecified atom stereocenters. The Kier molecular flexibility index (Phi) is 5.84. The summed E-state index contributed by atoms with van der Waals surface area (Å²) in [5.74, 6) is -12.7. The molecule has 32 heavy (non-hydrogen) atoms. The maximum Gasteiger partial charge on any atom is 0.311 e. The molecule has 0 aliphatic carbocycles. The number of anilines is 1. The molecule has 1 amide bonds. The van der Waals surface area contributed by atoms with Crippen molar-refractivity contribution < 1.29 is 41.1 Å². The maximum absolute atomic E-state index is 14.1. The Balaban J connectivity index is 2.15. The first-order valence-electron chi connectivity index (χ1n) is 8.57. The summed E-state index contributed by atoms with van der Waals surface area (Å²) in [6, 6.07) is 2.20. The van der Waals surface area contributed by atoms with Crippen LogP contribution in [0.15, 0.2) is 22.8 Å². The van der Waals surface area contributed by atoms with Crippen molar-refractivity contribution in [1.82, 2.24) is 0 Å². The number of halogens is 5. The SMILES string of the molecule is COc1cc(OC)c([N+](=O)[O-])cc1/C=C1/C(=O)N(c2c(F)c(F)c(F)c(F)c2F)N=C1C. The van der Waals surface area contributed by atoms with Gasteiger partial charge >= 0.3 is 5.69 Å². The smallest absolute Gasteiger partial charge is 0.311 e. The lowest BCUT2D eigenvalue weighted by Crippen LogP contribution is -2.25. The van der Waals surface area contributed by atoms with Gasteiger partial charge in [-0.25, -0.2) is 22.0 Å². The lowest BCUT2D eigenvalue weighted by atomic mass is 10.1. The normalized spacial score (nSPS) is 14.8. The molecule has 0 saturated carbocycles. The number of nitro groups is 1.